The van der Waals surface area contributed by atoms with E-state index in [-0.39, 0.29) is 23.7 Å². The maximum absolute atomic E-state index is 11.1. The Labute approximate surface area is 86.6 Å². The maximum Gasteiger partial charge on any atom is 0.358 e. The van der Waals surface area contributed by atoms with Crippen molar-refractivity contribution in [2.75, 3.05) is 11.5 Å². The Morgan fingerprint density at radius 1 is 1.60 bits per heavy atom. The molecule has 8 heteroatoms. The van der Waals surface area contributed by atoms with Gasteiger partial charge in [0.15, 0.2) is 15.5 Å². The molecule has 1 aromatic rings. The molecule has 1 heterocycles. The van der Waals surface area contributed by atoms with Crippen molar-refractivity contribution in [3.05, 3.63) is 11.9 Å². The Balaban J connectivity index is 2.63. The van der Waals surface area contributed by atoms with Crippen LogP contribution in [0.2, 0.25) is 0 Å². The van der Waals surface area contributed by atoms with Crippen LogP contribution in [-0.2, 0) is 16.4 Å². The van der Waals surface area contributed by atoms with Crippen LogP contribution in [0.4, 0.5) is 0 Å². The topological polar surface area (TPSA) is 102 Å². The number of aromatic carboxylic acids is 1. The highest BCUT2D eigenvalue weighted by Gasteiger charge is 2.11. The molecule has 0 unspecified atom stereocenters. The van der Waals surface area contributed by atoms with Crippen molar-refractivity contribution in [2.24, 2.45) is 0 Å². The van der Waals surface area contributed by atoms with Crippen LogP contribution in [0.1, 0.15) is 17.4 Å². The van der Waals surface area contributed by atoms with Gasteiger partial charge in [0.2, 0.25) is 0 Å². The number of rotatable bonds is 5. The third kappa shape index (κ3) is 3.31. The van der Waals surface area contributed by atoms with Crippen LogP contribution in [-0.4, -0.2) is 46.0 Å². The first kappa shape index (κ1) is 11.6. The van der Waals surface area contributed by atoms with Crippen molar-refractivity contribution < 1.29 is 18.3 Å². The molecule has 1 rings (SSSR count). The third-order valence-electron chi connectivity index (χ3n) is 1.83. The minimum atomic E-state index is -3.06. The minimum Gasteiger partial charge on any atom is -0.476 e. The third-order valence-corrected chi connectivity index (χ3v) is 3.51. The second-order valence-corrected chi connectivity index (χ2v) is 5.38. The SMILES string of the molecule is CCS(=O)(=O)CCn1cc(C(=O)O)nn1. The van der Waals surface area contributed by atoms with E-state index < -0.39 is 15.8 Å². The van der Waals surface area contributed by atoms with Crippen LogP contribution < -0.4 is 0 Å². The van der Waals surface area contributed by atoms with E-state index in [0.717, 1.165) is 0 Å². The molecule has 15 heavy (non-hydrogen) atoms. The van der Waals surface area contributed by atoms with Gasteiger partial charge in [0.25, 0.3) is 0 Å². The summed E-state index contributed by atoms with van der Waals surface area (Å²) in [5.74, 6) is -1.18. The summed E-state index contributed by atoms with van der Waals surface area (Å²) in [6, 6.07) is 0. The molecule has 0 aliphatic heterocycles. The first-order valence-electron chi connectivity index (χ1n) is 4.28. The molecule has 0 saturated carbocycles. The average Bonchev–Trinajstić information content (AvgIpc) is 2.63. The fourth-order valence-electron chi connectivity index (χ4n) is 0.883. The van der Waals surface area contributed by atoms with E-state index in [1.165, 1.54) is 10.9 Å². The lowest BCUT2D eigenvalue weighted by molar-refractivity contribution is 0.0690. The molecule has 0 spiro atoms. The summed E-state index contributed by atoms with van der Waals surface area (Å²) >= 11 is 0. The standard InChI is InChI=1S/C7H11N3O4S/c1-2-15(13,14)4-3-10-5-6(7(11)12)8-9-10/h5H,2-4H2,1H3,(H,11,12). The number of hydrogen-bond donors (Lipinski definition) is 1. The van der Waals surface area contributed by atoms with Crippen LogP contribution in [0.25, 0.3) is 0 Å². The zero-order chi connectivity index (χ0) is 11.5. The van der Waals surface area contributed by atoms with E-state index in [1.54, 1.807) is 6.92 Å². The molecular formula is C7H11N3O4S. The monoisotopic (exact) mass is 233 g/mol. The Bertz CT molecular complexity index is 451. The predicted molar refractivity (Wildman–Crippen MR) is 51.3 cm³/mol. The summed E-state index contributed by atoms with van der Waals surface area (Å²) in [5, 5.41) is 15.4. The van der Waals surface area contributed by atoms with Gasteiger partial charge in [0.1, 0.15) is 0 Å². The summed E-state index contributed by atoms with van der Waals surface area (Å²) in [6.45, 7) is 1.68. The Morgan fingerprint density at radius 3 is 2.73 bits per heavy atom. The van der Waals surface area contributed by atoms with Crippen molar-refractivity contribution in [3.63, 3.8) is 0 Å². The van der Waals surface area contributed by atoms with Gasteiger partial charge in [-0.2, -0.15) is 0 Å². The molecular weight excluding hydrogens is 222 g/mol. The number of carboxylic acids is 1. The molecule has 7 nitrogen and oxygen atoms in total. The molecule has 0 atom stereocenters. The molecule has 0 aromatic carbocycles. The predicted octanol–water partition coefficient (Wildman–Crippen LogP) is -0.589. The van der Waals surface area contributed by atoms with Gasteiger partial charge in [-0.25, -0.2) is 13.2 Å². The van der Waals surface area contributed by atoms with E-state index in [0.29, 0.717) is 0 Å². The summed E-state index contributed by atoms with van der Waals surface area (Å²) < 4.78 is 23.5. The van der Waals surface area contributed by atoms with Crippen molar-refractivity contribution in [1.29, 1.82) is 0 Å². The van der Waals surface area contributed by atoms with Gasteiger partial charge in [-0.3, -0.25) is 4.68 Å². The lowest BCUT2D eigenvalue weighted by Crippen LogP contribution is -2.15. The van der Waals surface area contributed by atoms with Crippen LogP contribution in [0.3, 0.4) is 0 Å². The largest absolute Gasteiger partial charge is 0.476 e. The fourth-order valence-corrected chi connectivity index (χ4v) is 1.64. The van der Waals surface area contributed by atoms with E-state index in [9.17, 15) is 13.2 Å². The number of carbonyl (C=O) groups is 1. The second-order valence-electron chi connectivity index (χ2n) is 2.91. The smallest absolute Gasteiger partial charge is 0.358 e. The highest BCUT2D eigenvalue weighted by Crippen LogP contribution is 1.95. The fraction of sp³-hybridized carbons (Fsp3) is 0.571. The van der Waals surface area contributed by atoms with Gasteiger partial charge in [0.05, 0.1) is 18.5 Å². The van der Waals surface area contributed by atoms with E-state index in [1.807, 2.05) is 0 Å². The van der Waals surface area contributed by atoms with Crippen molar-refractivity contribution in [2.45, 2.75) is 13.5 Å². The molecule has 0 amide bonds. The summed E-state index contributed by atoms with van der Waals surface area (Å²) in [4.78, 5) is 10.4. The number of carboxylic acid groups (broad SMARTS) is 1. The molecule has 0 aliphatic carbocycles. The van der Waals surface area contributed by atoms with Gasteiger partial charge >= 0.3 is 5.97 Å². The zero-order valence-electron chi connectivity index (χ0n) is 8.12. The molecule has 0 bridgehead atoms. The van der Waals surface area contributed by atoms with Gasteiger partial charge in [-0.1, -0.05) is 12.1 Å². The number of sulfone groups is 1. The van der Waals surface area contributed by atoms with Crippen LogP contribution in [0, 0.1) is 0 Å². The quantitative estimate of drug-likeness (QED) is 0.729. The Kier molecular flexibility index (Phi) is 3.40. The molecule has 1 aromatic heterocycles. The van der Waals surface area contributed by atoms with E-state index >= 15 is 0 Å². The molecule has 0 radical (unpaired) electrons. The van der Waals surface area contributed by atoms with Gasteiger partial charge in [-0.15, -0.1) is 5.10 Å². The Morgan fingerprint density at radius 2 is 2.27 bits per heavy atom. The molecule has 0 saturated heterocycles. The number of hydrogen-bond acceptors (Lipinski definition) is 5. The molecule has 0 fully saturated rings. The lowest BCUT2D eigenvalue weighted by atomic mass is 10.5. The molecule has 1 N–H and O–H groups in total. The highest BCUT2D eigenvalue weighted by molar-refractivity contribution is 7.91. The highest BCUT2D eigenvalue weighted by atomic mass is 32.2. The van der Waals surface area contributed by atoms with Gasteiger partial charge in [-0.05, 0) is 0 Å². The number of aromatic nitrogens is 3. The van der Waals surface area contributed by atoms with Crippen LogP contribution >= 0.6 is 0 Å². The van der Waals surface area contributed by atoms with Crippen LogP contribution in [0.5, 0.6) is 0 Å². The average molecular weight is 233 g/mol. The van der Waals surface area contributed by atoms with E-state index in [2.05, 4.69) is 10.3 Å². The van der Waals surface area contributed by atoms with Gasteiger partial charge < -0.3 is 5.11 Å². The van der Waals surface area contributed by atoms with Crippen molar-refractivity contribution in [3.8, 4) is 0 Å². The summed E-state index contributed by atoms with van der Waals surface area (Å²) in [5.41, 5.74) is -0.191. The number of aryl methyl sites for hydroxylation is 1. The molecule has 84 valence electrons. The summed E-state index contributed by atoms with van der Waals surface area (Å²) in [7, 11) is -3.06. The Hall–Kier alpha value is -1.44. The molecule has 0 aliphatic rings. The van der Waals surface area contributed by atoms with Crippen molar-refractivity contribution >= 4 is 15.8 Å². The first-order valence-corrected chi connectivity index (χ1v) is 6.10. The minimum absolute atomic E-state index is 0.0630. The van der Waals surface area contributed by atoms with E-state index in [4.69, 9.17) is 5.11 Å². The normalized spacial score (nSPS) is 11.5. The summed E-state index contributed by atoms with van der Waals surface area (Å²) in [6.07, 6.45) is 1.20. The van der Waals surface area contributed by atoms with Gasteiger partial charge in [0, 0.05) is 5.75 Å². The zero-order valence-corrected chi connectivity index (χ0v) is 8.94. The first-order chi connectivity index (χ1) is 6.94. The lowest BCUT2D eigenvalue weighted by Gasteiger charge is -1.99. The van der Waals surface area contributed by atoms with Crippen molar-refractivity contribution in [1.82, 2.24) is 15.0 Å². The maximum atomic E-state index is 11.1. The van der Waals surface area contributed by atoms with Crippen LogP contribution in [0.15, 0.2) is 6.20 Å². The number of nitrogens with zero attached hydrogens (tertiary/aromatic N) is 3. The second kappa shape index (κ2) is 4.39.